The van der Waals surface area contributed by atoms with Crippen molar-refractivity contribution in [2.45, 2.75) is 0 Å². The second kappa shape index (κ2) is 6.55. The molecule has 0 aliphatic carbocycles. The van der Waals surface area contributed by atoms with Crippen molar-refractivity contribution in [2.75, 3.05) is 59.0 Å². The topological polar surface area (TPSA) is 73.9 Å². The van der Waals surface area contributed by atoms with Gasteiger partial charge in [0.1, 0.15) is 0 Å². The van der Waals surface area contributed by atoms with E-state index in [0.717, 1.165) is 6.54 Å². The second-order valence-corrected chi connectivity index (χ2v) is 4.46. The molecule has 3 amide bonds. The average Bonchev–Trinajstić information content (AvgIpc) is 2.40. The first-order valence-corrected chi connectivity index (χ1v) is 6.35. The van der Waals surface area contributed by atoms with Gasteiger partial charge in [0.15, 0.2) is 0 Å². The summed E-state index contributed by atoms with van der Waals surface area (Å²) in [5.74, 6) is 0.0563. The summed E-state index contributed by atoms with van der Waals surface area (Å²) in [6.07, 6.45) is 0. The lowest BCUT2D eigenvalue weighted by Gasteiger charge is -2.29. The zero-order chi connectivity index (χ0) is 12.8. The van der Waals surface area contributed by atoms with Crippen LogP contribution in [0.15, 0.2) is 0 Å². The van der Waals surface area contributed by atoms with Gasteiger partial charge in [-0.2, -0.15) is 0 Å². The number of hydrogen-bond acceptors (Lipinski definition) is 4. The van der Waals surface area contributed by atoms with Gasteiger partial charge in [0.25, 0.3) is 0 Å². The van der Waals surface area contributed by atoms with E-state index in [-0.39, 0.29) is 11.9 Å². The Bertz CT molecular complexity index is 305. The summed E-state index contributed by atoms with van der Waals surface area (Å²) >= 11 is 0. The van der Waals surface area contributed by atoms with Gasteiger partial charge < -0.3 is 20.3 Å². The molecule has 2 aliphatic heterocycles. The Hall–Kier alpha value is -1.34. The number of piperazine rings is 1. The molecule has 0 radical (unpaired) electrons. The van der Waals surface area contributed by atoms with E-state index in [9.17, 15) is 9.59 Å². The minimum Gasteiger partial charge on any atom is -0.378 e. The van der Waals surface area contributed by atoms with E-state index in [1.165, 1.54) is 0 Å². The maximum atomic E-state index is 11.8. The smallest absolute Gasteiger partial charge is 0.317 e. The van der Waals surface area contributed by atoms with E-state index in [4.69, 9.17) is 4.74 Å². The lowest BCUT2D eigenvalue weighted by Crippen LogP contribution is -2.51. The number of urea groups is 1. The molecular weight excluding hydrogens is 236 g/mol. The molecule has 2 N–H and O–H groups in total. The van der Waals surface area contributed by atoms with Gasteiger partial charge in [0.05, 0.1) is 19.8 Å². The number of morpholine rings is 1. The predicted molar refractivity (Wildman–Crippen MR) is 65.2 cm³/mol. The van der Waals surface area contributed by atoms with Crippen LogP contribution in [0.5, 0.6) is 0 Å². The Morgan fingerprint density at radius 1 is 1.33 bits per heavy atom. The monoisotopic (exact) mass is 256 g/mol. The van der Waals surface area contributed by atoms with Crippen LogP contribution in [0.4, 0.5) is 4.79 Å². The number of carbonyl (C=O) groups excluding carboxylic acids is 2. The van der Waals surface area contributed by atoms with E-state index < -0.39 is 0 Å². The number of nitrogens with one attached hydrogen (secondary N) is 2. The van der Waals surface area contributed by atoms with Crippen molar-refractivity contribution in [1.82, 2.24) is 20.4 Å². The van der Waals surface area contributed by atoms with E-state index in [0.29, 0.717) is 52.5 Å². The number of amides is 3. The summed E-state index contributed by atoms with van der Waals surface area (Å²) in [4.78, 5) is 26.7. The predicted octanol–water partition coefficient (Wildman–Crippen LogP) is -1.54. The van der Waals surface area contributed by atoms with Gasteiger partial charge >= 0.3 is 6.03 Å². The molecule has 7 heteroatoms. The molecule has 0 spiro atoms. The van der Waals surface area contributed by atoms with Crippen LogP contribution in [-0.4, -0.2) is 80.8 Å². The first-order valence-electron chi connectivity index (χ1n) is 6.35. The Balaban J connectivity index is 1.62. The highest BCUT2D eigenvalue weighted by atomic mass is 16.5. The zero-order valence-electron chi connectivity index (χ0n) is 10.5. The normalized spacial score (nSPS) is 21.6. The third kappa shape index (κ3) is 3.85. The number of rotatable bonds is 3. The maximum absolute atomic E-state index is 11.8. The van der Waals surface area contributed by atoms with Gasteiger partial charge in [-0.15, -0.1) is 0 Å². The zero-order valence-corrected chi connectivity index (χ0v) is 10.5. The van der Waals surface area contributed by atoms with Crippen molar-refractivity contribution in [3.8, 4) is 0 Å². The summed E-state index contributed by atoms with van der Waals surface area (Å²) in [5, 5.41) is 5.65. The highest BCUT2D eigenvalue weighted by Crippen LogP contribution is 1.97. The summed E-state index contributed by atoms with van der Waals surface area (Å²) in [6, 6.07) is -0.0419. The van der Waals surface area contributed by atoms with Gasteiger partial charge in [0, 0.05) is 39.3 Å². The van der Waals surface area contributed by atoms with E-state index in [1.807, 2.05) is 4.90 Å². The molecule has 0 atom stereocenters. The molecule has 0 aromatic carbocycles. The number of nitrogens with zero attached hydrogens (tertiary/aromatic N) is 2. The molecule has 0 bridgehead atoms. The molecular formula is C11H20N4O3. The third-order valence-electron chi connectivity index (χ3n) is 3.12. The first-order chi connectivity index (χ1) is 8.75. The standard InChI is InChI=1S/C11H20N4O3/c16-10-9-14(3-1-12-10)4-2-13-11(17)15-5-7-18-8-6-15/h1-9H2,(H,12,16)(H,13,17). The van der Waals surface area contributed by atoms with Gasteiger partial charge in [0.2, 0.25) is 5.91 Å². The lowest BCUT2D eigenvalue weighted by atomic mass is 10.3. The fraction of sp³-hybridized carbons (Fsp3) is 0.818. The third-order valence-corrected chi connectivity index (χ3v) is 3.12. The van der Waals surface area contributed by atoms with Gasteiger partial charge in [-0.05, 0) is 0 Å². The van der Waals surface area contributed by atoms with Crippen molar-refractivity contribution in [3.05, 3.63) is 0 Å². The van der Waals surface area contributed by atoms with Crippen LogP contribution >= 0.6 is 0 Å². The summed E-state index contributed by atoms with van der Waals surface area (Å²) in [6.45, 7) is 5.77. The van der Waals surface area contributed by atoms with Crippen LogP contribution in [0.1, 0.15) is 0 Å². The van der Waals surface area contributed by atoms with E-state index in [1.54, 1.807) is 4.90 Å². The molecule has 0 unspecified atom stereocenters. The number of carbonyl (C=O) groups is 2. The van der Waals surface area contributed by atoms with Crippen molar-refractivity contribution in [1.29, 1.82) is 0 Å². The molecule has 102 valence electrons. The SMILES string of the molecule is O=C1CN(CCNC(=O)N2CCOCC2)CCN1. The fourth-order valence-corrected chi connectivity index (χ4v) is 2.08. The minimum atomic E-state index is -0.0419. The van der Waals surface area contributed by atoms with Crippen molar-refractivity contribution in [3.63, 3.8) is 0 Å². The Labute approximate surface area is 106 Å². The first kappa shape index (κ1) is 13.1. The van der Waals surface area contributed by atoms with Crippen molar-refractivity contribution in [2.24, 2.45) is 0 Å². The summed E-state index contributed by atoms with van der Waals surface area (Å²) < 4.78 is 5.19. The molecule has 2 saturated heterocycles. The molecule has 2 fully saturated rings. The minimum absolute atomic E-state index is 0.0419. The Morgan fingerprint density at radius 3 is 2.83 bits per heavy atom. The van der Waals surface area contributed by atoms with E-state index in [2.05, 4.69) is 10.6 Å². The quantitative estimate of drug-likeness (QED) is 0.642. The fourth-order valence-electron chi connectivity index (χ4n) is 2.08. The van der Waals surface area contributed by atoms with Gasteiger partial charge in [-0.3, -0.25) is 9.69 Å². The van der Waals surface area contributed by atoms with Crippen molar-refractivity contribution < 1.29 is 14.3 Å². The molecule has 2 aliphatic rings. The van der Waals surface area contributed by atoms with Gasteiger partial charge in [-0.25, -0.2) is 4.79 Å². The average molecular weight is 256 g/mol. The summed E-state index contributed by atoms with van der Waals surface area (Å²) in [7, 11) is 0. The van der Waals surface area contributed by atoms with Crippen LogP contribution in [0.3, 0.4) is 0 Å². The molecule has 2 rings (SSSR count). The van der Waals surface area contributed by atoms with Crippen LogP contribution < -0.4 is 10.6 Å². The molecule has 2 heterocycles. The Kier molecular flexibility index (Phi) is 4.77. The van der Waals surface area contributed by atoms with Gasteiger partial charge in [-0.1, -0.05) is 0 Å². The molecule has 0 aromatic heterocycles. The summed E-state index contributed by atoms with van der Waals surface area (Å²) in [5.41, 5.74) is 0. The molecule has 7 nitrogen and oxygen atoms in total. The van der Waals surface area contributed by atoms with Crippen LogP contribution in [0.2, 0.25) is 0 Å². The largest absolute Gasteiger partial charge is 0.378 e. The number of hydrogen-bond donors (Lipinski definition) is 2. The van der Waals surface area contributed by atoms with Crippen molar-refractivity contribution >= 4 is 11.9 Å². The maximum Gasteiger partial charge on any atom is 0.317 e. The van der Waals surface area contributed by atoms with E-state index >= 15 is 0 Å². The Morgan fingerprint density at radius 2 is 2.11 bits per heavy atom. The highest BCUT2D eigenvalue weighted by molar-refractivity contribution is 5.78. The molecule has 0 saturated carbocycles. The highest BCUT2D eigenvalue weighted by Gasteiger charge is 2.18. The number of ether oxygens (including phenoxy) is 1. The lowest BCUT2D eigenvalue weighted by molar-refractivity contribution is -0.124. The second-order valence-electron chi connectivity index (χ2n) is 4.46. The molecule has 0 aromatic rings. The van der Waals surface area contributed by atoms with Crippen LogP contribution in [-0.2, 0) is 9.53 Å². The van der Waals surface area contributed by atoms with Crippen LogP contribution in [0.25, 0.3) is 0 Å². The molecule has 18 heavy (non-hydrogen) atoms. The van der Waals surface area contributed by atoms with Crippen LogP contribution in [0, 0.1) is 0 Å².